The Hall–Kier alpha value is -2.50. The van der Waals surface area contributed by atoms with Crippen LogP contribution in [-0.4, -0.2) is 42.7 Å². The van der Waals surface area contributed by atoms with E-state index in [1.807, 2.05) is 24.3 Å². The number of benzene rings is 2. The molecular formula is C26H32ClN3O2. The summed E-state index contributed by atoms with van der Waals surface area (Å²) in [5.41, 5.74) is 1.26. The van der Waals surface area contributed by atoms with Gasteiger partial charge in [0.25, 0.3) is 0 Å². The molecular weight excluding hydrogens is 422 g/mol. The smallest absolute Gasteiger partial charge is 0.161 e. The predicted molar refractivity (Wildman–Crippen MR) is 132 cm³/mol. The number of halogens is 1. The molecule has 0 amide bonds. The topological polar surface area (TPSA) is 46.6 Å². The third kappa shape index (κ3) is 5.64. The molecule has 0 spiro atoms. The second-order valence-electron chi connectivity index (χ2n) is 8.40. The molecule has 1 aliphatic heterocycles. The number of anilines is 1. The normalized spacial score (nSPS) is 15.1. The van der Waals surface area contributed by atoms with Crippen molar-refractivity contribution in [3.05, 3.63) is 59.2 Å². The fourth-order valence-corrected chi connectivity index (χ4v) is 4.42. The quantitative estimate of drug-likeness (QED) is 0.311. The summed E-state index contributed by atoms with van der Waals surface area (Å²) in [6, 6.07) is 16.8. The molecule has 3 aromatic rings. The third-order valence-electron chi connectivity index (χ3n) is 6.03. The van der Waals surface area contributed by atoms with Crippen molar-refractivity contribution in [1.29, 1.82) is 0 Å². The van der Waals surface area contributed by atoms with Crippen molar-refractivity contribution < 1.29 is 9.47 Å². The van der Waals surface area contributed by atoms with Crippen molar-refractivity contribution in [3.8, 4) is 11.5 Å². The Kier molecular flexibility index (Phi) is 7.72. The standard InChI is InChI=1S/C26H32ClN3O2/c1-3-4-15-32-24-16-19(9-10-23(24)31-2)18-30-13-11-21(12-14-30)28-26-22-8-6-5-7-20(22)17-25(27)29-26/h5-10,16-17,21H,3-4,11-15,18H2,1-2H3,(H,28,29). The Bertz CT molecular complexity index is 1030. The SMILES string of the molecule is CCCCOc1cc(CN2CCC(Nc3nc(Cl)cc4ccccc34)CC2)ccc1OC. The van der Waals surface area contributed by atoms with Crippen molar-refractivity contribution in [2.75, 3.05) is 32.1 Å². The maximum absolute atomic E-state index is 6.25. The number of nitrogens with one attached hydrogen (secondary N) is 1. The zero-order chi connectivity index (χ0) is 22.3. The zero-order valence-corrected chi connectivity index (χ0v) is 19.7. The number of likely N-dealkylation sites (tertiary alicyclic amines) is 1. The molecule has 1 saturated heterocycles. The van der Waals surface area contributed by atoms with Crippen LogP contribution in [0, 0.1) is 0 Å². The Balaban J connectivity index is 1.35. The number of hydrogen-bond donors (Lipinski definition) is 1. The molecule has 6 heteroatoms. The molecule has 0 unspecified atom stereocenters. The summed E-state index contributed by atoms with van der Waals surface area (Å²) in [5, 5.41) is 6.40. The Morgan fingerprint density at radius 1 is 1.09 bits per heavy atom. The van der Waals surface area contributed by atoms with Gasteiger partial charge in [0.2, 0.25) is 0 Å². The van der Waals surface area contributed by atoms with Crippen molar-refractivity contribution in [2.24, 2.45) is 0 Å². The molecule has 0 bridgehead atoms. The summed E-state index contributed by atoms with van der Waals surface area (Å²) in [5.74, 6) is 2.53. The van der Waals surface area contributed by atoms with Gasteiger partial charge in [-0.1, -0.05) is 55.3 Å². The summed E-state index contributed by atoms with van der Waals surface area (Å²) in [6.07, 6.45) is 4.30. The molecule has 0 atom stereocenters. The van der Waals surface area contributed by atoms with Crippen LogP contribution in [0.5, 0.6) is 11.5 Å². The molecule has 4 rings (SSSR count). The van der Waals surface area contributed by atoms with Gasteiger partial charge in [0.05, 0.1) is 13.7 Å². The number of methoxy groups -OCH3 is 1. The number of nitrogens with zero attached hydrogens (tertiary/aromatic N) is 2. The first kappa shape index (κ1) is 22.7. The number of fused-ring (bicyclic) bond motifs is 1. The van der Waals surface area contributed by atoms with Crippen LogP contribution in [0.1, 0.15) is 38.2 Å². The predicted octanol–water partition coefficient (Wildman–Crippen LogP) is 6.15. The second-order valence-corrected chi connectivity index (χ2v) is 8.78. The van der Waals surface area contributed by atoms with Crippen LogP contribution in [0.15, 0.2) is 48.5 Å². The highest BCUT2D eigenvalue weighted by molar-refractivity contribution is 6.30. The molecule has 1 N–H and O–H groups in total. The molecule has 1 fully saturated rings. The van der Waals surface area contributed by atoms with Gasteiger partial charge in [-0.05, 0) is 48.4 Å². The molecule has 0 radical (unpaired) electrons. The summed E-state index contributed by atoms with van der Waals surface area (Å²) in [6.45, 7) is 5.88. The summed E-state index contributed by atoms with van der Waals surface area (Å²) < 4.78 is 11.4. The van der Waals surface area contributed by atoms with Crippen LogP contribution < -0.4 is 14.8 Å². The monoisotopic (exact) mass is 453 g/mol. The van der Waals surface area contributed by atoms with E-state index in [4.69, 9.17) is 21.1 Å². The lowest BCUT2D eigenvalue weighted by molar-refractivity contribution is 0.210. The maximum atomic E-state index is 6.25. The van der Waals surface area contributed by atoms with Gasteiger partial charge in [-0.3, -0.25) is 4.90 Å². The lowest BCUT2D eigenvalue weighted by Gasteiger charge is -2.33. The maximum Gasteiger partial charge on any atom is 0.161 e. The zero-order valence-electron chi connectivity index (χ0n) is 18.9. The number of pyridine rings is 1. The number of piperidine rings is 1. The molecule has 0 saturated carbocycles. The van der Waals surface area contributed by atoms with E-state index in [1.165, 1.54) is 5.56 Å². The molecule has 170 valence electrons. The van der Waals surface area contributed by atoms with Crippen LogP contribution in [0.25, 0.3) is 10.8 Å². The first-order valence-corrected chi connectivity index (χ1v) is 11.9. The van der Waals surface area contributed by atoms with Gasteiger partial charge in [0.15, 0.2) is 11.5 Å². The molecule has 32 heavy (non-hydrogen) atoms. The van der Waals surface area contributed by atoms with E-state index in [2.05, 4.69) is 46.4 Å². The van der Waals surface area contributed by atoms with E-state index in [1.54, 1.807) is 7.11 Å². The van der Waals surface area contributed by atoms with Gasteiger partial charge in [-0.25, -0.2) is 4.98 Å². The second kappa shape index (κ2) is 10.9. The molecule has 1 aliphatic rings. The number of unbranched alkanes of at least 4 members (excludes halogenated alkanes) is 1. The largest absolute Gasteiger partial charge is 0.493 e. The molecule has 5 nitrogen and oxygen atoms in total. The number of aromatic nitrogens is 1. The Morgan fingerprint density at radius 3 is 2.69 bits per heavy atom. The lowest BCUT2D eigenvalue weighted by Crippen LogP contribution is -2.38. The van der Waals surface area contributed by atoms with Crippen molar-refractivity contribution in [3.63, 3.8) is 0 Å². The van der Waals surface area contributed by atoms with Crippen LogP contribution in [0.4, 0.5) is 5.82 Å². The number of hydrogen-bond acceptors (Lipinski definition) is 5. The summed E-state index contributed by atoms with van der Waals surface area (Å²) >= 11 is 6.25. The average Bonchev–Trinajstić information content (AvgIpc) is 2.81. The minimum Gasteiger partial charge on any atom is -0.493 e. The first-order valence-electron chi connectivity index (χ1n) is 11.5. The highest BCUT2D eigenvalue weighted by atomic mass is 35.5. The molecule has 0 aliphatic carbocycles. The lowest BCUT2D eigenvalue weighted by atomic mass is 10.0. The fraction of sp³-hybridized carbons (Fsp3) is 0.423. The fourth-order valence-electron chi connectivity index (χ4n) is 4.22. The van der Waals surface area contributed by atoms with Gasteiger partial charge in [0, 0.05) is 31.1 Å². The minimum atomic E-state index is 0.393. The van der Waals surface area contributed by atoms with Crippen LogP contribution in [0.3, 0.4) is 0 Å². The van der Waals surface area contributed by atoms with E-state index in [-0.39, 0.29) is 0 Å². The number of ether oxygens (including phenoxy) is 2. The van der Waals surface area contributed by atoms with Crippen molar-refractivity contribution in [1.82, 2.24) is 9.88 Å². The summed E-state index contributed by atoms with van der Waals surface area (Å²) in [7, 11) is 1.69. The minimum absolute atomic E-state index is 0.393. The highest BCUT2D eigenvalue weighted by Gasteiger charge is 2.21. The van der Waals surface area contributed by atoms with Crippen LogP contribution in [0.2, 0.25) is 5.15 Å². The molecule has 2 heterocycles. The Labute approximate surface area is 195 Å². The van der Waals surface area contributed by atoms with Gasteiger partial charge < -0.3 is 14.8 Å². The molecule has 1 aromatic heterocycles. The van der Waals surface area contributed by atoms with E-state index in [9.17, 15) is 0 Å². The van der Waals surface area contributed by atoms with Gasteiger partial charge >= 0.3 is 0 Å². The van der Waals surface area contributed by atoms with E-state index < -0.39 is 0 Å². The van der Waals surface area contributed by atoms with E-state index in [0.717, 1.165) is 80.0 Å². The van der Waals surface area contributed by atoms with E-state index in [0.29, 0.717) is 11.2 Å². The average molecular weight is 454 g/mol. The van der Waals surface area contributed by atoms with Gasteiger partial charge in [-0.2, -0.15) is 0 Å². The van der Waals surface area contributed by atoms with Crippen molar-refractivity contribution >= 4 is 28.2 Å². The third-order valence-corrected chi connectivity index (χ3v) is 6.22. The van der Waals surface area contributed by atoms with E-state index >= 15 is 0 Å². The highest BCUT2D eigenvalue weighted by Crippen LogP contribution is 2.30. The number of rotatable bonds is 9. The van der Waals surface area contributed by atoms with Crippen LogP contribution in [-0.2, 0) is 6.54 Å². The molecule has 2 aromatic carbocycles. The van der Waals surface area contributed by atoms with Gasteiger partial charge in [0.1, 0.15) is 11.0 Å². The van der Waals surface area contributed by atoms with Crippen molar-refractivity contribution in [2.45, 2.75) is 45.2 Å². The Morgan fingerprint density at radius 2 is 1.91 bits per heavy atom. The van der Waals surface area contributed by atoms with Gasteiger partial charge in [-0.15, -0.1) is 0 Å². The first-order chi connectivity index (χ1) is 15.7. The summed E-state index contributed by atoms with van der Waals surface area (Å²) in [4.78, 5) is 7.05. The van der Waals surface area contributed by atoms with Crippen LogP contribution >= 0.6 is 11.6 Å².